The van der Waals surface area contributed by atoms with E-state index in [1.807, 2.05) is 0 Å². The minimum atomic E-state index is -0.292. The van der Waals surface area contributed by atoms with Crippen LogP contribution in [0.5, 0.6) is 0 Å². The highest BCUT2D eigenvalue weighted by atomic mass is 16.7. The average molecular weight is 244 g/mol. The molecule has 17 heavy (non-hydrogen) atoms. The summed E-state index contributed by atoms with van der Waals surface area (Å²) in [4.78, 5) is 22.3. The molecule has 0 saturated heterocycles. The lowest BCUT2D eigenvalue weighted by atomic mass is 10.2. The van der Waals surface area contributed by atoms with Gasteiger partial charge in [-0.2, -0.15) is 0 Å². The number of unbranched alkanes of at least 4 members (excludes halogenated alkanes) is 4. The Kier molecular flexibility index (Phi) is 10.7. The molecule has 4 nitrogen and oxygen atoms in total. The van der Waals surface area contributed by atoms with Crippen LogP contribution in [0.25, 0.3) is 0 Å². The van der Waals surface area contributed by atoms with Crippen LogP contribution in [-0.4, -0.2) is 18.7 Å². The molecule has 0 rings (SSSR count). The fourth-order valence-electron chi connectivity index (χ4n) is 1.34. The monoisotopic (exact) mass is 244 g/mol. The van der Waals surface area contributed by atoms with Gasteiger partial charge in [0, 0.05) is 12.8 Å². The summed E-state index contributed by atoms with van der Waals surface area (Å²) in [7, 11) is 0. The van der Waals surface area contributed by atoms with Crippen LogP contribution in [0, 0.1) is 0 Å². The first kappa shape index (κ1) is 15.9. The Morgan fingerprint density at radius 1 is 0.765 bits per heavy atom. The van der Waals surface area contributed by atoms with Crippen molar-refractivity contribution in [1.29, 1.82) is 0 Å². The first-order valence-electron chi connectivity index (χ1n) is 6.52. The van der Waals surface area contributed by atoms with Gasteiger partial charge in [-0.25, -0.2) is 0 Å². The van der Waals surface area contributed by atoms with E-state index in [2.05, 4.69) is 13.8 Å². The lowest BCUT2D eigenvalue weighted by Gasteiger charge is -2.05. The molecular weight excluding hydrogens is 220 g/mol. The quantitative estimate of drug-likeness (QED) is 0.336. The molecule has 0 amide bonds. The van der Waals surface area contributed by atoms with Crippen molar-refractivity contribution in [2.24, 2.45) is 0 Å². The second-order valence-electron chi connectivity index (χ2n) is 4.06. The molecule has 0 aromatic rings. The molecule has 0 spiro atoms. The van der Waals surface area contributed by atoms with Crippen molar-refractivity contribution in [2.75, 3.05) is 6.79 Å². The summed E-state index contributed by atoms with van der Waals surface area (Å²) in [6, 6.07) is 0. The van der Waals surface area contributed by atoms with Crippen LogP contribution in [0.4, 0.5) is 0 Å². The molecule has 0 aromatic heterocycles. The summed E-state index contributed by atoms with van der Waals surface area (Å²) in [5, 5.41) is 0. The number of esters is 2. The smallest absolute Gasteiger partial charge is 0.308 e. The van der Waals surface area contributed by atoms with Gasteiger partial charge in [0.1, 0.15) is 0 Å². The number of rotatable bonds is 10. The average Bonchev–Trinajstić information content (AvgIpc) is 2.30. The van der Waals surface area contributed by atoms with Gasteiger partial charge < -0.3 is 9.47 Å². The third-order valence-electron chi connectivity index (χ3n) is 2.41. The van der Waals surface area contributed by atoms with Crippen LogP contribution in [-0.2, 0) is 19.1 Å². The van der Waals surface area contributed by atoms with Gasteiger partial charge in [0.25, 0.3) is 0 Å². The molecule has 0 aliphatic rings. The van der Waals surface area contributed by atoms with Gasteiger partial charge >= 0.3 is 11.9 Å². The van der Waals surface area contributed by atoms with E-state index in [4.69, 9.17) is 9.47 Å². The highest BCUT2D eigenvalue weighted by molar-refractivity contribution is 5.70. The van der Waals surface area contributed by atoms with Crippen molar-refractivity contribution in [3.63, 3.8) is 0 Å². The second kappa shape index (κ2) is 11.4. The van der Waals surface area contributed by atoms with Crippen LogP contribution in [0.1, 0.15) is 65.2 Å². The third kappa shape index (κ3) is 11.2. The highest BCUT2D eigenvalue weighted by Gasteiger charge is 2.05. The molecule has 0 unspecified atom stereocenters. The number of hydrogen-bond donors (Lipinski definition) is 0. The molecule has 0 saturated carbocycles. The normalized spacial score (nSPS) is 10.0. The van der Waals surface area contributed by atoms with Crippen molar-refractivity contribution >= 4 is 11.9 Å². The SMILES string of the molecule is CCCCCC(=O)OCOC(=O)CCCCC. The van der Waals surface area contributed by atoms with Crippen molar-refractivity contribution in [3.8, 4) is 0 Å². The fourth-order valence-corrected chi connectivity index (χ4v) is 1.34. The third-order valence-corrected chi connectivity index (χ3v) is 2.41. The van der Waals surface area contributed by atoms with Crippen LogP contribution in [0.15, 0.2) is 0 Å². The summed E-state index contributed by atoms with van der Waals surface area (Å²) in [6.45, 7) is 3.91. The number of ether oxygens (including phenoxy) is 2. The molecule has 0 aromatic carbocycles. The molecule has 0 bridgehead atoms. The molecular formula is C13H24O4. The number of hydrogen-bond acceptors (Lipinski definition) is 4. The first-order valence-corrected chi connectivity index (χ1v) is 6.52. The number of carbonyl (C=O) groups is 2. The Morgan fingerprint density at radius 3 is 1.53 bits per heavy atom. The van der Waals surface area contributed by atoms with Gasteiger partial charge in [0.15, 0.2) is 0 Å². The van der Waals surface area contributed by atoms with Crippen LogP contribution in [0.3, 0.4) is 0 Å². The maximum atomic E-state index is 11.1. The molecule has 4 heteroatoms. The number of carbonyl (C=O) groups excluding carboxylic acids is 2. The maximum absolute atomic E-state index is 11.1. The van der Waals surface area contributed by atoms with Crippen molar-refractivity contribution in [3.05, 3.63) is 0 Å². The van der Waals surface area contributed by atoms with Crippen molar-refractivity contribution < 1.29 is 19.1 Å². The maximum Gasteiger partial charge on any atom is 0.308 e. The van der Waals surface area contributed by atoms with Gasteiger partial charge in [-0.15, -0.1) is 0 Å². The summed E-state index contributed by atoms with van der Waals surface area (Å²) in [6.07, 6.45) is 6.65. The van der Waals surface area contributed by atoms with Gasteiger partial charge in [0.2, 0.25) is 6.79 Å². The fraction of sp³-hybridized carbons (Fsp3) is 0.846. The van der Waals surface area contributed by atoms with Gasteiger partial charge in [-0.1, -0.05) is 39.5 Å². The van der Waals surface area contributed by atoms with Crippen LogP contribution >= 0.6 is 0 Å². The Balaban J connectivity index is 3.36. The second-order valence-corrected chi connectivity index (χ2v) is 4.06. The Labute approximate surface area is 104 Å². The zero-order valence-electron chi connectivity index (χ0n) is 11.0. The molecule has 0 heterocycles. The molecule has 0 aliphatic heterocycles. The molecule has 100 valence electrons. The minimum absolute atomic E-state index is 0.240. The van der Waals surface area contributed by atoms with E-state index in [0.717, 1.165) is 38.5 Å². The van der Waals surface area contributed by atoms with Crippen molar-refractivity contribution in [1.82, 2.24) is 0 Å². The van der Waals surface area contributed by atoms with E-state index in [0.29, 0.717) is 12.8 Å². The summed E-state index contributed by atoms with van der Waals surface area (Å²) in [5.41, 5.74) is 0. The Bertz CT molecular complexity index is 191. The summed E-state index contributed by atoms with van der Waals surface area (Å²) < 4.78 is 9.57. The topological polar surface area (TPSA) is 52.6 Å². The van der Waals surface area contributed by atoms with E-state index >= 15 is 0 Å². The van der Waals surface area contributed by atoms with E-state index in [1.165, 1.54) is 0 Å². The minimum Gasteiger partial charge on any atom is -0.428 e. The largest absolute Gasteiger partial charge is 0.428 e. The van der Waals surface area contributed by atoms with E-state index < -0.39 is 0 Å². The highest BCUT2D eigenvalue weighted by Crippen LogP contribution is 2.02. The zero-order chi connectivity index (χ0) is 12.9. The van der Waals surface area contributed by atoms with Gasteiger partial charge in [0.05, 0.1) is 0 Å². The molecule has 0 N–H and O–H groups in total. The predicted molar refractivity (Wildman–Crippen MR) is 65.3 cm³/mol. The summed E-state index contributed by atoms with van der Waals surface area (Å²) in [5.74, 6) is -0.584. The Morgan fingerprint density at radius 2 is 1.18 bits per heavy atom. The first-order chi connectivity index (χ1) is 8.20. The lowest BCUT2D eigenvalue weighted by Crippen LogP contribution is -2.12. The van der Waals surface area contributed by atoms with Gasteiger partial charge in [-0.05, 0) is 12.8 Å². The predicted octanol–water partition coefficient (Wildman–Crippen LogP) is 3.19. The summed E-state index contributed by atoms with van der Waals surface area (Å²) >= 11 is 0. The molecule has 0 fully saturated rings. The molecule has 0 aliphatic carbocycles. The Hall–Kier alpha value is -1.06. The van der Waals surface area contributed by atoms with E-state index in [9.17, 15) is 9.59 Å². The van der Waals surface area contributed by atoms with Crippen LogP contribution in [0.2, 0.25) is 0 Å². The molecule has 0 atom stereocenters. The van der Waals surface area contributed by atoms with Crippen LogP contribution < -0.4 is 0 Å². The van der Waals surface area contributed by atoms with Gasteiger partial charge in [-0.3, -0.25) is 9.59 Å². The lowest BCUT2D eigenvalue weighted by molar-refractivity contribution is -0.167. The zero-order valence-corrected chi connectivity index (χ0v) is 11.0. The van der Waals surface area contributed by atoms with E-state index in [1.54, 1.807) is 0 Å². The van der Waals surface area contributed by atoms with E-state index in [-0.39, 0.29) is 18.7 Å². The standard InChI is InChI=1S/C13H24O4/c1-3-5-7-9-12(14)16-11-17-13(15)10-8-6-4-2/h3-11H2,1-2H3. The molecule has 0 radical (unpaired) electrons. The van der Waals surface area contributed by atoms with Crippen molar-refractivity contribution in [2.45, 2.75) is 65.2 Å².